The van der Waals surface area contributed by atoms with Crippen LogP contribution in [-0.2, 0) is 0 Å². The van der Waals surface area contributed by atoms with Crippen molar-refractivity contribution in [2.45, 2.75) is 13.8 Å². The van der Waals surface area contributed by atoms with E-state index in [0.29, 0.717) is 11.5 Å². The molecule has 15 heavy (non-hydrogen) atoms. The number of hydrogen-bond acceptors (Lipinski definition) is 2. The highest BCUT2D eigenvalue weighted by Crippen LogP contribution is 2.14. The molecule has 0 saturated carbocycles. The van der Waals surface area contributed by atoms with Gasteiger partial charge in [-0.15, -0.1) is 0 Å². The lowest BCUT2D eigenvalue weighted by atomic mass is 10.1. The van der Waals surface area contributed by atoms with Gasteiger partial charge in [0.15, 0.2) is 0 Å². The highest BCUT2D eigenvalue weighted by Gasteiger charge is 2.05. The Morgan fingerprint density at radius 3 is 2.67 bits per heavy atom. The molecule has 0 spiro atoms. The van der Waals surface area contributed by atoms with Gasteiger partial charge in [-0.05, 0) is 24.1 Å². The monoisotopic (exact) mass is 226 g/mol. The SMILES string of the molecule is CC(C)CNc1ccc(C(N)=S)c(F)c1. The number of nitrogens with two attached hydrogens (primary N) is 1. The smallest absolute Gasteiger partial charge is 0.135 e. The second kappa shape index (κ2) is 5.07. The fourth-order valence-corrected chi connectivity index (χ4v) is 1.31. The maximum absolute atomic E-state index is 13.4. The number of thiocarbonyl (C=S) groups is 1. The van der Waals surface area contributed by atoms with Gasteiger partial charge in [-0.2, -0.15) is 0 Å². The van der Waals surface area contributed by atoms with E-state index >= 15 is 0 Å². The number of halogens is 1. The maximum atomic E-state index is 13.4. The second-order valence-electron chi connectivity index (χ2n) is 3.83. The lowest BCUT2D eigenvalue weighted by Gasteiger charge is -2.10. The molecule has 0 bridgehead atoms. The average molecular weight is 226 g/mol. The number of anilines is 1. The van der Waals surface area contributed by atoms with Gasteiger partial charge in [0.05, 0.1) is 0 Å². The minimum Gasteiger partial charge on any atom is -0.389 e. The zero-order valence-corrected chi connectivity index (χ0v) is 9.70. The van der Waals surface area contributed by atoms with Gasteiger partial charge >= 0.3 is 0 Å². The van der Waals surface area contributed by atoms with E-state index in [4.69, 9.17) is 18.0 Å². The Morgan fingerprint density at radius 2 is 2.20 bits per heavy atom. The van der Waals surface area contributed by atoms with Crippen molar-refractivity contribution in [2.75, 3.05) is 11.9 Å². The fourth-order valence-electron chi connectivity index (χ4n) is 1.15. The summed E-state index contributed by atoms with van der Waals surface area (Å²) in [6.45, 7) is 4.99. The Bertz CT molecular complexity index is 364. The van der Waals surface area contributed by atoms with Gasteiger partial charge in [0.1, 0.15) is 10.8 Å². The number of nitrogens with one attached hydrogen (secondary N) is 1. The van der Waals surface area contributed by atoms with Crippen LogP contribution in [0.15, 0.2) is 18.2 Å². The standard InChI is InChI=1S/C11H15FN2S/c1-7(2)6-14-8-3-4-9(11(13)15)10(12)5-8/h3-5,7,14H,6H2,1-2H3,(H2,13,15). The predicted molar refractivity (Wildman–Crippen MR) is 65.6 cm³/mol. The molecule has 0 heterocycles. The quantitative estimate of drug-likeness (QED) is 0.775. The van der Waals surface area contributed by atoms with Crippen LogP contribution in [0.3, 0.4) is 0 Å². The normalized spacial score (nSPS) is 10.4. The third kappa shape index (κ3) is 3.47. The van der Waals surface area contributed by atoms with Gasteiger partial charge in [0.2, 0.25) is 0 Å². The molecule has 0 aliphatic rings. The first-order chi connectivity index (χ1) is 7.00. The minimum atomic E-state index is -0.378. The van der Waals surface area contributed by atoms with Crippen molar-refractivity contribution in [3.63, 3.8) is 0 Å². The van der Waals surface area contributed by atoms with Crippen LogP contribution in [0, 0.1) is 11.7 Å². The molecule has 0 aromatic heterocycles. The Hall–Kier alpha value is -1.16. The Morgan fingerprint density at radius 1 is 1.53 bits per heavy atom. The first kappa shape index (κ1) is 11.9. The zero-order chi connectivity index (χ0) is 11.4. The molecule has 0 aliphatic heterocycles. The molecule has 82 valence electrons. The topological polar surface area (TPSA) is 38.0 Å². The molecule has 0 saturated heterocycles. The van der Waals surface area contributed by atoms with Crippen molar-refractivity contribution in [3.8, 4) is 0 Å². The van der Waals surface area contributed by atoms with Crippen LogP contribution in [0.5, 0.6) is 0 Å². The zero-order valence-electron chi connectivity index (χ0n) is 8.88. The van der Waals surface area contributed by atoms with E-state index in [9.17, 15) is 4.39 Å². The minimum absolute atomic E-state index is 0.0860. The van der Waals surface area contributed by atoms with Crippen LogP contribution < -0.4 is 11.1 Å². The summed E-state index contributed by atoms with van der Waals surface area (Å²) < 4.78 is 13.4. The summed E-state index contributed by atoms with van der Waals surface area (Å²) >= 11 is 4.72. The third-order valence-corrected chi connectivity index (χ3v) is 2.17. The molecule has 4 heteroatoms. The van der Waals surface area contributed by atoms with Crippen LogP contribution in [0.2, 0.25) is 0 Å². The van der Waals surface area contributed by atoms with Crippen molar-refractivity contribution in [2.24, 2.45) is 11.7 Å². The first-order valence-electron chi connectivity index (χ1n) is 4.84. The first-order valence-corrected chi connectivity index (χ1v) is 5.24. The number of hydrogen-bond donors (Lipinski definition) is 2. The lowest BCUT2D eigenvalue weighted by Crippen LogP contribution is -2.13. The summed E-state index contributed by atoms with van der Waals surface area (Å²) in [5.41, 5.74) is 6.40. The summed E-state index contributed by atoms with van der Waals surface area (Å²) in [5.74, 6) is 0.138. The van der Waals surface area contributed by atoms with E-state index in [2.05, 4.69) is 19.2 Å². The molecule has 0 atom stereocenters. The highest BCUT2D eigenvalue weighted by molar-refractivity contribution is 7.80. The van der Waals surface area contributed by atoms with Gasteiger partial charge < -0.3 is 11.1 Å². The molecule has 0 amide bonds. The molecule has 0 aliphatic carbocycles. The average Bonchev–Trinajstić information content (AvgIpc) is 2.14. The van der Waals surface area contributed by atoms with E-state index in [1.54, 1.807) is 12.1 Å². The summed E-state index contributed by atoms with van der Waals surface area (Å²) in [6, 6.07) is 4.79. The molecule has 2 nitrogen and oxygen atoms in total. The summed E-state index contributed by atoms with van der Waals surface area (Å²) in [7, 11) is 0. The van der Waals surface area contributed by atoms with Crippen molar-refractivity contribution < 1.29 is 4.39 Å². The van der Waals surface area contributed by atoms with Gasteiger partial charge in [-0.3, -0.25) is 0 Å². The molecule has 0 radical (unpaired) electrons. The molecule has 1 rings (SSSR count). The van der Waals surface area contributed by atoms with Crippen LogP contribution in [0.1, 0.15) is 19.4 Å². The van der Waals surface area contributed by atoms with Crippen molar-refractivity contribution >= 4 is 22.9 Å². The predicted octanol–water partition coefficient (Wildman–Crippen LogP) is 2.53. The Labute approximate surface area is 94.7 Å². The molecular formula is C11H15FN2S. The number of rotatable bonds is 4. The fraction of sp³-hybridized carbons (Fsp3) is 0.364. The number of benzene rings is 1. The molecule has 3 N–H and O–H groups in total. The van der Waals surface area contributed by atoms with Crippen LogP contribution in [0.25, 0.3) is 0 Å². The Balaban J connectivity index is 2.78. The molecule has 1 aromatic rings. The highest BCUT2D eigenvalue weighted by atomic mass is 32.1. The van der Waals surface area contributed by atoms with Crippen molar-refractivity contribution in [1.82, 2.24) is 0 Å². The van der Waals surface area contributed by atoms with Gasteiger partial charge in [0.25, 0.3) is 0 Å². The van der Waals surface area contributed by atoms with E-state index in [-0.39, 0.29) is 10.8 Å². The van der Waals surface area contributed by atoms with Crippen molar-refractivity contribution in [1.29, 1.82) is 0 Å². The van der Waals surface area contributed by atoms with Gasteiger partial charge in [-0.1, -0.05) is 26.1 Å². The van der Waals surface area contributed by atoms with Crippen LogP contribution >= 0.6 is 12.2 Å². The summed E-state index contributed by atoms with van der Waals surface area (Å²) in [5, 5.41) is 3.13. The Kier molecular flexibility index (Phi) is 4.03. The lowest BCUT2D eigenvalue weighted by molar-refractivity contribution is 0.625. The molecular weight excluding hydrogens is 211 g/mol. The van der Waals surface area contributed by atoms with Crippen LogP contribution in [0.4, 0.5) is 10.1 Å². The second-order valence-corrected chi connectivity index (χ2v) is 4.27. The van der Waals surface area contributed by atoms with Crippen LogP contribution in [-0.4, -0.2) is 11.5 Å². The summed E-state index contributed by atoms with van der Waals surface area (Å²) in [6.07, 6.45) is 0. The third-order valence-electron chi connectivity index (χ3n) is 1.95. The largest absolute Gasteiger partial charge is 0.389 e. The van der Waals surface area contributed by atoms with Gasteiger partial charge in [0, 0.05) is 17.8 Å². The maximum Gasteiger partial charge on any atom is 0.135 e. The van der Waals surface area contributed by atoms with Gasteiger partial charge in [-0.25, -0.2) is 4.39 Å². The van der Waals surface area contributed by atoms with Crippen molar-refractivity contribution in [3.05, 3.63) is 29.6 Å². The van der Waals surface area contributed by atoms with E-state index < -0.39 is 0 Å². The molecule has 0 fully saturated rings. The van der Waals surface area contributed by atoms with E-state index in [1.165, 1.54) is 6.07 Å². The van der Waals surface area contributed by atoms with E-state index in [0.717, 1.165) is 12.2 Å². The van der Waals surface area contributed by atoms with E-state index in [1.807, 2.05) is 0 Å². The molecule has 1 aromatic carbocycles. The molecule has 0 unspecified atom stereocenters. The summed E-state index contributed by atoms with van der Waals surface area (Å²) in [4.78, 5) is 0.0860.